The number of aryl methyl sites for hydroxylation is 1. The van der Waals surface area contributed by atoms with E-state index in [-0.39, 0.29) is 23.8 Å². The number of carbonyl (C=O) groups excluding carboxylic acids is 1. The molecule has 26 heavy (non-hydrogen) atoms. The SMILES string of the molecule is COc1ccc(S(=O)(=O)NC2CC(=O)N(c3ccc(Cl)cc3)C2)cc1C. The smallest absolute Gasteiger partial charge is 0.240 e. The summed E-state index contributed by atoms with van der Waals surface area (Å²) in [5.41, 5.74) is 1.42. The van der Waals surface area contributed by atoms with E-state index in [9.17, 15) is 13.2 Å². The quantitative estimate of drug-likeness (QED) is 0.846. The van der Waals surface area contributed by atoms with E-state index < -0.39 is 16.1 Å². The third kappa shape index (κ3) is 3.85. The number of sulfonamides is 1. The molecule has 0 aromatic heterocycles. The topological polar surface area (TPSA) is 75.7 Å². The van der Waals surface area contributed by atoms with Crippen LogP contribution in [0.2, 0.25) is 5.02 Å². The highest BCUT2D eigenvalue weighted by atomic mass is 35.5. The van der Waals surface area contributed by atoms with E-state index in [1.54, 1.807) is 48.2 Å². The Hall–Kier alpha value is -2.09. The number of hydrogen-bond acceptors (Lipinski definition) is 4. The molecule has 2 aromatic rings. The monoisotopic (exact) mass is 394 g/mol. The van der Waals surface area contributed by atoms with Gasteiger partial charge < -0.3 is 9.64 Å². The van der Waals surface area contributed by atoms with Crippen LogP contribution in [0.3, 0.4) is 0 Å². The van der Waals surface area contributed by atoms with Crippen LogP contribution in [-0.4, -0.2) is 34.0 Å². The number of rotatable bonds is 5. The molecule has 6 nitrogen and oxygen atoms in total. The van der Waals surface area contributed by atoms with Crippen LogP contribution < -0.4 is 14.4 Å². The summed E-state index contributed by atoms with van der Waals surface area (Å²) in [4.78, 5) is 14.0. The Kier molecular flexibility index (Phi) is 5.22. The van der Waals surface area contributed by atoms with Crippen LogP contribution in [0.1, 0.15) is 12.0 Å². The van der Waals surface area contributed by atoms with Crippen molar-refractivity contribution in [2.75, 3.05) is 18.6 Å². The number of benzene rings is 2. The lowest BCUT2D eigenvalue weighted by molar-refractivity contribution is -0.117. The van der Waals surface area contributed by atoms with E-state index in [1.165, 1.54) is 13.2 Å². The summed E-state index contributed by atoms with van der Waals surface area (Å²) in [7, 11) is -2.20. The van der Waals surface area contributed by atoms with Gasteiger partial charge in [-0.3, -0.25) is 4.79 Å². The number of anilines is 1. The lowest BCUT2D eigenvalue weighted by Gasteiger charge is -2.17. The number of carbonyl (C=O) groups is 1. The van der Waals surface area contributed by atoms with Gasteiger partial charge in [0.15, 0.2) is 0 Å². The van der Waals surface area contributed by atoms with E-state index in [4.69, 9.17) is 16.3 Å². The maximum atomic E-state index is 12.6. The average molecular weight is 395 g/mol. The van der Waals surface area contributed by atoms with Crippen LogP contribution >= 0.6 is 11.6 Å². The third-order valence-electron chi connectivity index (χ3n) is 4.26. The predicted octanol–water partition coefficient (Wildman–Crippen LogP) is 2.74. The Morgan fingerprint density at radius 2 is 1.88 bits per heavy atom. The van der Waals surface area contributed by atoms with E-state index in [2.05, 4.69) is 4.72 Å². The van der Waals surface area contributed by atoms with E-state index in [1.807, 2.05) is 0 Å². The standard InChI is InChI=1S/C18H19ClN2O4S/c1-12-9-16(7-8-17(12)25-2)26(23,24)20-14-10-18(22)21(11-14)15-5-3-13(19)4-6-15/h3-9,14,20H,10-11H2,1-2H3. The first-order valence-corrected chi connectivity index (χ1v) is 9.89. The predicted molar refractivity (Wildman–Crippen MR) is 100 cm³/mol. The lowest BCUT2D eigenvalue weighted by atomic mass is 10.2. The van der Waals surface area contributed by atoms with Gasteiger partial charge in [0.1, 0.15) is 5.75 Å². The summed E-state index contributed by atoms with van der Waals surface area (Å²) in [6.07, 6.45) is 0.108. The molecule has 1 saturated heterocycles. The number of nitrogens with one attached hydrogen (secondary N) is 1. The van der Waals surface area contributed by atoms with Crippen molar-refractivity contribution in [2.45, 2.75) is 24.3 Å². The minimum absolute atomic E-state index is 0.108. The summed E-state index contributed by atoms with van der Waals surface area (Å²) in [5.74, 6) is 0.486. The number of nitrogens with zero attached hydrogens (tertiary/aromatic N) is 1. The van der Waals surface area contributed by atoms with Gasteiger partial charge in [0, 0.05) is 29.7 Å². The highest BCUT2D eigenvalue weighted by Crippen LogP contribution is 2.25. The van der Waals surface area contributed by atoms with Crippen molar-refractivity contribution >= 4 is 33.2 Å². The van der Waals surface area contributed by atoms with E-state index in [0.29, 0.717) is 16.5 Å². The van der Waals surface area contributed by atoms with Gasteiger partial charge in [-0.15, -0.1) is 0 Å². The van der Waals surface area contributed by atoms with E-state index in [0.717, 1.165) is 5.56 Å². The minimum Gasteiger partial charge on any atom is -0.496 e. The molecule has 138 valence electrons. The molecule has 0 saturated carbocycles. The van der Waals surface area contributed by atoms with E-state index >= 15 is 0 Å². The Balaban J connectivity index is 1.75. The molecule has 0 radical (unpaired) electrons. The summed E-state index contributed by atoms with van der Waals surface area (Å²) in [6.45, 7) is 2.05. The van der Waals surface area contributed by atoms with Crippen molar-refractivity contribution in [2.24, 2.45) is 0 Å². The molecule has 1 amide bonds. The van der Waals surface area contributed by atoms with Crippen LogP contribution in [0.4, 0.5) is 5.69 Å². The molecule has 0 aliphatic carbocycles. The summed E-state index contributed by atoms with van der Waals surface area (Å²) < 4.78 is 33.0. The second-order valence-corrected chi connectivity index (χ2v) is 8.28. The average Bonchev–Trinajstić information content (AvgIpc) is 2.95. The number of ether oxygens (including phenoxy) is 1. The molecular weight excluding hydrogens is 376 g/mol. The molecule has 0 spiro atoms. The molecule has 1 unspecified atom stereocenters. The largest absolute Gasteiger partial charge is 0.496 e. The van der Waals surface area contributed by atoms with Gasteiger partial charge in [0.2, 0.25) is 15.9 Å². The van der Waals surface area contributed by atoms with Gasteiger partial charge in [-0.25, -0.2) is 13.1 Å². The van der Waals surface area contributed by atoms with Crippen LogP contribution in [0.25, 0.3) is 0 Å². The second kappa shape index (κ2) is 7.26. The number of hydrogen-bond donors (Lipinski definition) is 1. The van der Waals surface area contributed by atoms with Crippen LogP contribution in [0.15, 0.2) is 47.4 Å². The number of amides is 1. The van der Waals surface area contributed by atoms with Gasteiger partial charge in [0.05, 0.1) is 12.0 Å². The van der Waals surface area contributed by atoms with Crippen LogP contribution in [0.5, 0.6) is 5.75 Å². The first-order valence-electron chi connectivity index (χ1n) is 8.03. The molecule has 0 bridgehead atoms. The molecule has 1 atom stereocenters. The van der Waals surface area contributed by atoms with Gasteiger partial charge in [-0.05, 0) is 55.0 Å². The highest BCUT2D eigenvalue weighted by molar-refractivity contribution is 7.89. The zero-order valence-electron chi connectivity index (χ0n) is 14.4. The Labute approximate surface area is 157 Å². The molecule has 1 fully saturated rings. The van der Waals surface area contributed by atoms with Crippen molar-refractivity contribution in [3.8, 4) is 5.75 Å². The molecule has 2 aromatic carbocycles. The van der Waals surface area contributed by atoms with Crippen molar-refractivity contribution < 1.29 is 17.9 Å². The molecular formula is C18H19ClN2O4S. The number of methoxy groups -OCH3 is 1. The van der Waals surface area contributed by atoms with Gasteiger partial charge in [-0.1, -0.05) is 11.6 Å². The first-order chi connectivity index (χ1) is 12.3. The number of halogens is 1. The molecule has 3 rings (SSSR count). The lowest BCUT2D eigenvalue weighted by Crippen LogP contribution is -2.37. The second-order valence-electron chi connectivity index (χ2n) is 6.13. The Morgan fingerprint density at radius 3 is 2.50 bits per heavy atom. The Morgan fingerprint density at radius 1 is 1.19 bits per heavy atom. The maximum absolute atomic E-state index is 12.6. The van der Waals surface area contributed by atoms with Gasteiger partial charge in [-0.2, -0.15) is 0 Å². The summed E-state index contributed by atoms with van der Waals surface area (Å²) in [6, 6.07) is 11.0. The highest BCUT2D eigenvalue weighted by Gasteiger charge is 2.33. The van der Waals surface area contributed by atoms with Crippen LogP contribution in [0, 0.1) is 6.92 Å². The maximum Gasteiger partial charge on any atom is 0.240 e. The van der Waals surface area contributed by atoms with Crippen LogP contribution in [-0.2, 0) is 14.8 Å². The molecule has 1 aliphatic heterocycles. The Bertz CT molecular complexity index is 929. The molecule has 8 heteroatoms. The van der Waals surface area contributed by atoms with Crippen molar-refractivity contribution in [1.82, 2.24) is 4.72 Å². The fraction of sp³-hybridized carbons (Fsp3) is 0.278. The fourth-order valence-corrected chi connectivity index (χ4v) is 4.40. The first kappa shape index (κ1) is 18.7. The van der Waals surface area contributed by atoms with Crippen molar-refractivity contribution in [3.05, 3.63) is 53.1 Å². The van der Waals surface area contributed by atoms with Crippen molar-refractivity contribution in [1.29, 1.82) is 0 Å². The molecule has 1 aliphatic rings. The zero-order valence-corrected chi connectivity index (χ0v) is 16.0. The third-order valence-corrected chi connectivity index (χ3v) is 6.03. The van der Waals surface area contributed by atoms with Gasteiger partial charge >= 0.3 is 0 Å². The summed E-state index contributed by atoms with van der Waals surface area (Å²) >= 11 is 5.87. The van der Waals surface area contributed by atoms with Gasteiger partial charge in [0.25, 0.3) is 0 Å². The summed E-state index contributed by atoms with van der Waals surface area (Å²) in [5, 5.41) is 0.576. The molecule has 1 N–H and O–H groups in total. The zero-order chi connectivity index (χ0) is 18.9. The van der Waals surface area contributed by atoms with Crippen molar-refractivity contribution in [3.63, 3.8) is 0 Å². The molecule has 1 heterocycles. The fourth-order valence-electron chi connectivity index (χ4n) is 2.96. The normalized spacial score (nSPS) is 17.6. The minimum atomic E-state index is -3.73.